The van der Waals surface area contributed by atoms with Gasteiger partial charge < -0.3 is 25.4 Å². The molecule has 0 spiro atoms. The highest BCUT2D eigenvalue weighted by Crippen LogP contribution is 2.24. The Morgan fingerprint density at radius 3 is 2.69 bits per heavy atom. The highest BCUT2D eigenvalue weighted by molar-refractivity contribution is 5.97. The predicted molar refractivity (Wildman–Crippen MR) is 116 cm³/mol. The summed E-state index contributed by atoms with van der Waals surface area (Å²) in [6.07, 6.45) is 3.16. The van der Waals surface area contributed by atoms with Gasteiger partial charge in [0, 0.05) is 37.7 Å². The van der Waals surface area contributed by atoms with Crippen LogP contribution < -0.4 is 10.9 Å². The van der Waals surface area contributed by atoms with E-state index in [-0.39, 0.29) is 18.4 Å². The molecule has 1 aliphatic rings. The molecular weight excluding hydrogens is 416 g/mol. The lowest BCUT2D eigenvalue weighted by molar-refractivity contribution is -0.142. The monoisotopic (exact) mass is 440 g/mol. The second-order valence-electron chi connectivity index (χ2n) is 7.68. The van der Waals surface area contributed by atoms with E-state index in [4.69, 9.17) is 5.11 Å². The number of nitrogens with zero attached hydrogens (tertiary/aromatic N) is 2. The molecule has 1 aromatic carbocycles. The summed E-state index contributed by atoms with van der Waals surface area (Å²) in [4.78, 5) is 55.6. The lowest BCUT2D eigenvalue weighted by atomic mass is 10.1. The van der Waals surface area contributed by atoms with Crippen molar-refractivity contribution in [3.05, 3.63) is 63.4 Å². The van der Waals surface area contributed by atoms with Crippen LogP contribution in [0.3, 0.4) is 0 Å². The fourth-order valence-corrected chi connectivity index (χ4v) is 3.48. The smallest absolute Gasteiger partial charge is 0.326 e. The van der Waals surface area contributed by atoms with Crippen molar-refractivity contribution in [1.82, 2.24) is 20.2 Å². The number of aliphatic carboxylic acids is 2. The summed E-state index contributed by atoms with van der Waals surface area (Å²) < 4.78 is 0. The molecule has 0 fully saturated rings. The third kappa shape index (κ3) is 5.39. The number of amides is 1. The summed E-state index contributed by atoms with van der Waals surface area (Å²) in [7, 11) is 1.86. The molecule has 1 aliphatic carbocycles. The molecule has 0 bridgehead atoms. The Morgan fingerprint density at radius 1 is 1.25 bits per heavy atom. The van der Waals surface area contributed by atoms with Crippen molar-refractivity contribution in [2.45, 2.75) is 38.8 Å². The Balaban J connectivity index is 1.61. The van der Waals surface area contributed by atoms with Crippen LogP contribution in [-0.4, -0.2) is 56.0 Å². The molecule has 1 aromatic heterocycles. The maximum Gasteiger partial charge on any atom is 0.326 e. The van der Waals surface area contributed by atoms with Crippen molar-refractivity contribution in [3.63, 3.8) is 0 Å². The van der Waals surface area contributed by atoms with Crippen LogP contribution in [0.25, 0.3) is 10.9 Å². The Morgan fingerprint density at radius 2 is 2.00 bits per heavy atom. The first-order valence-electron chi connectivity index (χ1n) is 10.00. The Labute approximate surface area is 183 Å². The van der Waals surface area contributed by atoms with Gasteiger partial charge in [0.25, 0.3) is 5.56 Å². The molecule has 0 saturated carbocycles. The molecule has 1 atom stereocenters. The molecule has 3 rings (SSSR count). The number of carbonyl (C=O) groups is 3. The molecule has 168 valence electrons. The van der Waals surface area contributed by atoms with Gasteiger partial charge in [0.1, 0.15) is 11.9 Å². The van der Waals surface area contributed by atoms with E-state index in [0.717, 1.165) is 11.3 Å². The first kappa shape index (κ1) is 22.7. The number of carbonyl (C=O) groups excluding carboxylic acids is 1. The number of benzene rings is 1. The van der Waals surface area contributed by atoms with Crippen LogP contribution >= 0.6 is 0 Å². The lowest BCUT2D eigenvalue weighted by Gasteiger charge is -2.22. The summed E-state index contributed by atoms with van der Waals surface area (Å²) in [5.74, 6) is -2.40. The zero-order valence-corrected chi connectivity index (χ0v) is 17.7. The van der Waals surface area contributed by atoms with Gasteiger partial charge >= 0.3 is 11.9 Å². The summed E-state index contributed by atoms with van der Waals surface area (Å²) in [6, 6.07) is 4.20. The average molecular weight is 440 g/mol. The third-order valence-corrected chi connectivity index (χ3v) is 5.19. The minimum Gasteiger partial charge on any atom is -0.481 e. The topological polar surface area (TPSA) is 153 Å². The number of nitrogens with one attached hydrogen (secondary N) is 2. The van der Waals surface area contributed by atoms with Gasteiger partial charge in [0.2, 0.25) is 5.91 Å². The summed E-state index contributed by atoms with van der Waals surface area (Å²) >= 11 is 0. The first-order chi connectivity index (χ1) is 15.1. The number of aryl methyl sites for hydroxylation is 1. The fraction of sp³-hybridized carbons (Fsp3) is 0.318. The van der Waals surface area contributed by atoms with Crippen LogP contribution in [0.1, 0.15) is 30.7 Å². The summed E-state index contributed by atoms with van der Waals surface area (Å²) in [5.41, 5.74) is 2.56. The number of aromatic amines is 1. The zero-order chi connectivity index (χ0) is 23.4. The van der Waals surface area contributed by atoms with E-state index in [9.17, 15) is 24.3 Å². The molecule has 0 saturated heterocycles. The average Bonchev–Trinajstić information content (AvgIpc) is 3.21. The molecule has 2 aromatic rings. The van der Waals surface area contributed by atoms with Crippen molar-refractivity contribution < 1.29 is 24.6 Å². The molecule has 1 unspecified atom stereocenters. The van der Waals surface area contributed by atoms with Crippen molar-refractivity contribution in [1.29, 1.82) is 0 Å². The quantitative estimate of drug-likeness (QED) is 0.455. The minimum atomic E-state index is -1.28. The highest BCUT2D eigenvalue weighted by atomic mass is 16.4. The second kappa shape index (κ2) is 9.46. The van der Waals surface area contributed by atoms with E-state index in [1.54, 1.807) is 31.2 Å². The summed E-state index contributed by atoms with van der Waals surface area (Å²) in [6.45, 7) is 2.22. The van der Waals surface area contributed by atoms with Gasteiger partial charge in [-0.3, -0.25) is 14.4 Å². The number of hydrogen-bond donors (Lipinski definition) is 4. The minimum absolute atomic E-state index is 0.195. The van der Waals surface area contributed by atoms with Crippen LogP contribution in [0.5, 0.6) is 0 Å². The van der Waals surface area contributed by atoms with E-state index >= 15 is 0 Å². The van der Waals surface area contributed by atoms with E-state index in [2.05, 4.69) is 15.3 Å². The number of allylic oxidation sites excluding steroid dienone is 3. The van der Waals surface area contributed by atoms with Crippen molar-refractivity contribution in [2.24, 2.45) is 0 Å². The number of rotatable bonds is 9. The Bertz CT molecular complexity index is 1200. The number of H-pyrrole nitrogens is 1. The molecule has 10 nitrogen and oxygen atoms in total. The predicted octanol–water partition coefficient (Wildman–Crippen LogP) is 1.31. The molecular formula is C22H24N4O6. The Hall–Kier alpha value is -3.95. The molecule has 4 N–H and O–H groups in total. The maximum atomic E-state index is 12.5. The highest BCUT2D eigenvalue weighted by Gasteiger charge is 2.25. The molecule has 1 amide bonds. The van der Waals surface area contributed by atoms with E-state index in [1.807, 2.05) is 18.0 Å². The van der Waals surface area contributed by atoms with Gasteiger partial charge in [-0.2, -0.15) is 0 Å². The number of carboxylic acid groups (broad SMARTS) is 2. The third-order valence-electron chi connectivity index (χ3n) is 5.19. The second-order valence-corrected chi connectivity index (χ2v) is 7.68. The summed E-state index contributed by atoms with van der Waals surface area (Å²) in [5, 5.41) is 20.8. The van der Waals surface area contributed by atoms with Crippen LogP contribution in [-0.2, 0) is 20.9 Å². The van der Waals surface area contributed by atoms with Gasteiger partial charge in [0.05, 0.1) is 10.9 Å². The van der Waals surface area contributed by atoms with Gasteiger partial charge in [-0.25, -0.2) is 9.78 Å². The number of hydrogen-bond acceptors (Lipinski definition) is 6. The Kier molecular flexibility index (Phi) is 6.72. The fourth-order valence-electron chi connectivity index (χ4n) is 3.48. The number of carboxylic acids is 2. The van der Waals surface area contributed by atoms with Gasteiger partial charge in [-0.1, -0.05) is 12.1 Å². The SMILES string of the molecule is Cc1nc2ccc(CN(C)C3=CC=C(C(=O)NC(CCC(=O)O)C(=O)O)C3)cc2c(=O)[nH]1. The van der Waals surface area contributed by atoms with Crippen molar-refractivity contribution >= 4 is 28.7 Å². The number of aromatic nitrogens is 2. The van der Waals surface area contributed by atoms with Crippen LogP contribution in [0.15, 0.2) is 46.4 Å². The van der Waals surface area contributed by atoms with Gasteiger partial charge in [-0.05, 0) is 37.1 Å². The molecule has 0 radical (unpaired) electrons. The van der Waals surface area contributed by atoms with Gasteiger partial charge in [0.15, 0.2) is 0 Å². The van der Waals surface area contributed by atoms with E-state index < -0.39 is 23.9 Å². The van der Waals surface area contributed by atoms with Crippen LogP contribution in [0.2, 0.25) is 0 Å². The lowest BCUT2D eigenvalue weighted by Crippen LogP contribution is -2.41. The molecule has 1 heterocycles. The zero-order valence-electron chi connectivity index (χ0n) is 17.7. The van der Waals surface area contributed by atoms with Crippen LogP contribution in [0.4, 0.5) is 0 Å². The van der Waals surface area contributed by atoms with E-state index in [1.165, 1.54) is 0 Å². The van der Waals surface area contributed by atoms with Gasteiger partial charge in [-0.15, -0.1) is 0 Å². The van der Waals surface area contributed by atoms with E-state index in [0.29, 0.717) is 35.3 Å². The van der Waals surface area contributed by atoms with Crippen LogP contribution in [0, 0.1) is 6.92 Å². The maximum absolute atomic E-state index is 12.5. The normalized spacial score (nSPS) is 13.9. The standard InChI is InChI=1S/C22H24N4O6/c1-12-23-17-6-3-13(9-16(17)21(30)24-12)11-26(2)15-5-4-14(10-15)20(29)25-18(22(31)32)7-8-19(27)28/h3-6,9,18H,7-8,10-11H2,1-2H3,(H,25,29)(H,27,28)(H,31,32)(H,23,24,30). The molecule has 0 aliphatic heterocycles. The largest absolute Gasteiger partial charge is 0.481 e. The molecule has 10 heteroatoms. The molecule has 32 heavy (non-hydrogen) atoms. The van der Waals surface area contributed by atoms with Crippen molar-refractivity contribution in [3.8, 4) is 0 Å². The number of fused-ring (bicyclic) bond motifs is 1. The van der Waals surface area contributed by atoms with Crippen molar-refractivity contribution in [2.75, 3.05) is 7.05 Å². The first-order valence-corrected chi connectivity index (χ1v) is 10.00.